The quantitative estimate of drug-likeness (QED) is 0.508. The Hall–Kier alpha value is -1.43. The van der Waals surface area contributed by atoms with Gasteiger partial charge in [0.25, 0.3) is 0 Å². The Bertz CT molecular complexity index is 452. The van der Waals surface area contributed by atoms with Gasteiger partial charge < -0.3 is 10.8 Å². The zero-order chi connectivity index (χ0) is 18.9. The van der Waals surface area contributed by atoms with Gasteiger partial charge in [0.15, 0.2) is 0 Å². The summed E-state index contributed by atoms with van der Waals surface area (Å²) in [6.07, 6.45) is 10.8. The van der Waals surface area contributed by atoms with Crippen molar-refractivity contribution in [2.24, 2.45) is 17.6 Å². The molecule has 0 heterocycles. The van der Waals surface area contributed by atoms with Gasteiger partial charge in [-0.05, 0) is 51.5 Å². The third-order valence-corrected chi connectivity index (χ3v) is 5.91. The van der Waals surface area contributed by atoms with E-state index in [4.69, 9.17) is 5.73 Å². The Morgan fingerprint density at radius 1 is 0.846 bits per heavy atom. The Labute approximate surface area is 156 Å². The summed E-state index contributed by atoms with van der Waals surface area (Å²) in [5.41, 5.74) is 5.53. The highest BCUT2D eigenvalue weighted by Crippen LogP contribution is 2.31. The first-order chi connectivity index (χ1) is 12.6. The lowest BCUT2D eigenvalue weighted by Gasteiger charge is -2.35. The number of amides is 2. The van der Waals surface area contributed by atoms with Gasteiger partial charge in [0.05, 0.1) is 0 Å². The molecule has 6 nitrogen and oxygen atoms in total. The number of rotatable bonds is 8. The predicted octanol–water partition coefficient (Wildman–Crippen LogP) is 3.08. The molecule has 3 N–H and O–H groups in total. The summed E-state index contributed by atoms with van der Waals surface area (Å²) in [7, 11) is 0. The van der Waals surface area contributed by atoms with Crippen molar-refractivity contribution in [2.75, 3.05) is 6.54 Å². The van der Waals surface area contributed by atoms with Crippen LogP contribution < -0.4 is 5.73 Å². The SMILES string of the molecule is NCCCCC(C(=O)O)N(C(=O)C1CCCCC1)C(=O)C1CCCCC1. The third kappa shape index (κ3) is 5.53. The second kappa shape index (κ2) is 10.7. The lowest BCUT2D eigenvalue weighted by Crippen LogP contribution is -2.53. The molecular weight excluding hydrogens is 332 g/mol. The molecule has 1 unspecified atom stereocenters. The van der Waals surface area contributed by atoms with Crippen LogP contribution in [0.15, 0.2) is 0 Å². The number of nitrogens with two attached hydrogens (primary N) is 1. The monoisotopic (exact) mass is 366 g/mol. The van der Waals surface area contributed by atoms with Crippen molar-refractivity contribution in [3.05, 3.63) is 0 Å². The lowest BCUT2D eigenvalue weighted by molar-refractivity contribution is -0.163. The normalized spacial score (nSPS) is 20.5. The highest BCUT2D eigenvalue weighted by Gasteiger charge is 2.40. The number of imide groups is 1. The minimum absolute atomic E-state index is 0.201. The molecule has 2 aliphatic rings. The van der Waals surface area contributed by atoms with Crippen molar-refractivity contribution in [1.82, 2.24) is 4.90 Å². The zero-order valence-corrected chi connectivity index (χ0v) is 15.8. The molecule has 2 amide bonds. The molecule has 2 aliphatic carbocycles. The van der Waals surface area contributed by atoms with E-state index in [1.807, 2.05) is 0 Å². The van der Waals surface area contributed by atoms with E-state index in [0.29, 0.717) is 25.8 Å². The van der Waals surface area contributed by atoms with Crippen LogP contribution in [0, 0.1) is 11.8 Å². The van der Waals surface area contributed by atoms with Crippen molar-refractivity contribution < 1.29 is 19.5 Å². The minimum Gasteiger partial charge on any atom is -0.480 e. The summed E-state index contributed by atoms with van der Waals surface area (Å²) in [5.74, 6) is -1.98. The maximum Gasteiger partial charge on any atom is 0.326 e. The number of unbranched alkanes of at least 4 members (excludes halogenated alkanes) is 1. The zero-order valence-electron chi connectivity index (χ0n) is 15.8. The molecule has 1 atom stereocenters. The molecule has 2 fully saturated rings. The molecular formula is C20H34N2O4. The van der Waals surface area contributed by atoms with Gasteiger partial charge in [-0.15, -0.1) is 0 Å². The number of hydrogen-bond donors (Lipinski definition) is 2. The van der Waals surface area contributed by atoms with Crippen molar-refractivity contribution >= 4 is 17.8 Å². The molecule has 0 aliphatic heterocycles. The molecule has 0 aromatic carbocycles. The molecule has 2 saturated carbocycles. The molecule has 0 aromatic rings. The van der Waals surface area contributed by atoms with Crippen LogP contribution in [0.3, 0.4) is 0 Å². The Morgan fingerprint density at radius 2 is 1.31 bits per heavy atom. The van der Waals surface area contributed by atoms with Crippen LogP contribution >= 0.6 is 0 Å². The molecule has 0 saturated heterocycles. The Kier molecular flexibility index (Phi) is 8.55. The average Bonchev–Trinajstić information content (AvgIpc) is 2.68. The van der Waals surface area contributed by atoms with E-state index in [1.54, 1.807) is 0 Å². The van der Waals surface area contributed by atoms with Crippen molar-refractivity contribution in [3.63, 3.8) is 0 Å². The third-order valence-electron chi connectivity index (χ3n) is 5.91. The van der Waals surface area contributed by atoms with Crippen molar-refractivity contribution in [1.29, 1.82) is 0 Å². The standard InChI is InChI=1S/C20H34N2O4/c21-14-8-7-13-17(20(25)26)22(18(23)15-9-3-1-4-10-15)19(24)16-11-5-2-6-12-16/h15-17H,1-14,21H2,(H,25,26). The highest BCUT2D eigenvalue weighted by atomic mass is 16.4. The van der Waals surface area contributed by atoms with Crippen LogP contribution in [-0.4, -0.2) is 40.4 Å². The number of carbonyl (C=O) groups excluding carboxylic acids is 2. The van der Waals surface area contributed by atoms with E-state index in [1.165, 1.54) is 0 Å². The van der Waals surface area contributed by atoms with Crippen LogP contribution in [-0.2, 0) is 14.4 Å². The van der Waals surface area contributed by atoms with Crippen LogP contribution in [0.5, 0.6) is 0 Å². The van der Waals surface area contributed by atoms with E-state index in [-0.39, 0.29) is 23.7 Å². The summed E-state index contributed by atoms with van der Waals surface area (Å²) in [6.45, 7) is 0.486. The maximum absolute atomic E-state index is 13.2. The summed E-state index contributed by atoms with van der Waals surface area (Å²) in [5, 5.41) is 9.76. The fourth-order valence-electron chi connectivity index (χ4n) is 4.35. The van der Waals surface area contributed by atoms with E-state index in [9.17, 15) is 19.5 Å². The fraction of sp³-hybridized carbons (Fsp3) is 0.850. The van der Waals surface area contributed by atoms with Gasteiger partial charge >= 0.3 is 5.97 Å². The second-order valence-electron chi connectivity index (χ2n) is 7.85. The molecule has 0 spiro atoms. The van der Waals surface area contributed by atoms with Gasteiger partial charge in [-0.3, -0.25) is 14.5 Å². The maximum atomic E-state index is 13.2. The van der Waals surface area contributed by atoms with E-state index < -0.39 is 12.0 Å². The second-order valence-corrected chi connectivity index (χ2v) is 7.85. The smallest absolute Gasteiger partial charge is 0.326 e. The molecule has 0 radical (unpaired) electrons. The van der Waals surface area contributed by atoms with Gasteiger partial charge in [-0.2, -0.15) is 0 Å². The van der Waals surface area contributed by atoms with Gasteiger partial charge in [-0.1, -0.05) is 38.5 Å². The van der Waals surface area contributed by atoms with Gasteiger partial charge in [0.1, 0.15) is 6.04 Å². The predicted molar refractivity (Wildman–Crippen MR) is 99.3 cm³/mol. The summed E-state index contributed by atoms with van der Waals surface area (Å²) >= 11 is 0. The molecule has 6 heteroatoms. The van der Waals surface area contributed by atoms with Gasteiger partial charge in [0, 0.05) is 11.8 Å². The van der Waals surface area contributed by atoms with Crippen LogP contribution in [0.4, 0.5) is 0 Å². The lowest BCUT2D eigenvalue weighted by atomic mass is 9.85. The largest absolute Gasteiger partial charge is 0.480 e. The number of carboxylic acids is 1. The van der Waals surface area contributed by atoms with Crippen LogP contribution in [0.1, 0.15) is 83.5 Å². The fourth-order valence-corrected chi connectivity index (χ4v) is 4.35. The summed E-state index contributed by atoms with van der Waals surface area (Å²) < 4.78 is 0. The number of aliphatic carboxylic acids is 1. The highest BCUT2D eigenvalue weighted by molar-refractivity contribution is 6.01. The average molecular weight is 367 g/mol. The first-order valence-electron chi connectivity index (χ1n) is 10.4. The number of carbonyl (C=O) groups is 3. The molecule has 2 rings (SSSR count). The van der Waals surface area contributed by atoms with Crippen LogP contribution in [0.25, 0.3) is 0 Å². The molecule has 26 heavy (non-hydrogen) atoms. The first kappa shape index (κ1) is 20.9. The van der Waals surface area contributed by atoms with Crippen molar-refractivity contribution in [2.45, 2.75) is 89.5 Å². The summed E-state index contributed by atoms with van der Waals surface area (Å²) in [6, 6.07) is -1.05. The minimum atomic E-state index is -1.07. The topological polar surface area (TPSA) is 101 Å². The summed E-state index contributed by atoms with van der Waals surface area (Å²) in [4.78, 5) is 39.4. The van der Waals surface area contributed by atoms with E-state index in [2.05, 4.69) is 0 Å². The number of nitrogens with zero attached hydrogens (tertiary/aromatic N) is 1. The molecule has 0 aromatic heterocycles. The Morgan fingerprint density at radius 3 is 1.69 bits per heavy atom. The van der Waals surface area contributed by atoms with Crippen LogP contribution in [0.2, 0.25) is 0 Å². The van der Waals surface area contributed by atoms with Gasteiger partial charge in [-0.25, -0.2) is 4.79 Å². The van der Waals surface area contributed by atoms with E-state index >= 15 is 0 Å². The van der Waals surface area contributed by atoms with Crippen molar-refractivity contribution in [3.8, 4) is 0 Å². The number of carboxylic acid groups (broad SMARTS) is 1. The molecule has 148 valence electrons. The van der Waals surface area contributed by atoms with Gasteiger partial charge in [0.2, 0.25) is 11.8 Å². The molecule has 0 bridgehead atoms. The van der Waals surface area contributed by atoms with E-state index in [0.717, 1.165) is 69.1 Å². The number of hydrogen-bond acceptors (Lipinski definition) is 4. The first-order valence-corrected chi connectivity index (χ1v) is 10.4. The Balaban J connectivity index is 2.20.